The Morgan fingerprint density at radius 1 is 0.628 bits per heavy atom. The number of hydrogen-bond acceptors (Lipinski definition) is 10. The van der Waals surface area contributed by atoms with E-state index in [9.17, 15) is 18.3 Å². The van der Waals surface area contributed by atoms with E-state index in [1.54, 1.807) is 74.1 Å². The number of H-pyrrole nitrogens is 1. The van der Waals surface area contributed by atoms with Crippen LogP contribution >= 0.6 is 101 Å². The van der Waals surface area contributed by atoms with Crippen molar-refractivity contribution in [3.05, 3.63) is 187 Å². The predicted octanol–water partition coefficient (Wildman–Crippen LogP) is 15.1. The molecule has 8 heterocycles. The molecule has 0 aliphatic carbocycles. The van der Waals surface area contributed by atoms with E-state index < -0.39 is 24.6 Å². The van der Waals surface area contributed by atoms with Crippen molar-refractivity contribution in [1.82, 2.24) is 48.5 Å². The highest BCUT2D eigenvalue weighted by molar-refractivity contribution is 9.11. The first-order valence-corrected chi connectivity index (χ1v) is 29.6. The van der Waals surface area contributed by atoms with Crippen LogP contribution in [0.5, 0.6) is 0 Å². The summed E-state index contributed by atoms with van der Waals surface area (Å²) in [6.07, 6.45) is 11.9. The van der Waals surface area contributed by atoms with Crippen molar-refractivity contribution in [3.63, 3.8) is 0 Å². The monoisotopic (exact) mass is 1420 g/mol. The van der Waals surface area contributed by atoms with Crippen molar-refractivity contribution in [2.24, 2.45) is 0 Å². The van der Waals surface area contributed by atoms with E-state index >= 15 is 0 Å². The number of hydrogen-bond donors (Lipinski definition) is 4. The number of aromatic amines is 1. The number of alkyl halides is 3. The van der Waals surface area contributed by atoms with Gasteiger partial charge in [0.2, 0.25) is 11.3 Å². The lowest BCUT2D eigenvalue weighted by molar-refractivity contribution is 0.00578. The van der Waals surface area contributed by atoms with Crippen LogP contribution in [0.1, 0.15) is 34.6 Å². The van der Waals surface area contributed by atoms with Crippen molar-refractivity contribution in [2.45, 2.75) is 63.7 Å². The second-order valence-corrected chi connectivity index (χ2v) is 23.8. The topological polar surface area (TPSA) is 187 Å². The smallest absolute Gasteiger partial charge is 0.399 e. The lowest BCUT2D eigenvalue weighted by Crippen LogP contribution is -2.41. The Balaban J connectivity index is 0.000000180. The number of aromatic nitrogens is 10. The van der Waals surface area contributed by atoms with Crippen molar-refractivity contribution in [2.75, 3.05) is 25.7 Å². The van der Waals surface area contributed by atoms with Gasteiger partial charge in [-0.1, -0.05) is 54.0 Å². The van der Waals surface area contributed by atoms with Crippen LogP contribution in [0.2, 0.25) is 15.1 Å². The van der Waals surface area contributed by atoms with Gasteiger partial charge < -0.3 is 34.3 Å². The molecule has 4 N–H and O–H groups in total. The highest BCUT2D eigenvalue weighted by Gasteiger charge is 2.52. The predicted molar refractivity (Wildman–Crippen MR) is 340 cm³/mol. The lowest BCUT2D eigenvalue weighted by atomic mass is 9.80. The molecule has 29 heteroatoms. The average Bonchev–Trinajstić information content (AvgIpc) is 2.02. The average molecular weight is 1430 g/mol. The standard InChI is InChI=1S/C19H13ClFN5O.C14H16BN3O2.C11H9BrClFN2O.C9H5BrClFN2.C2H4Cl2.C2H5ClO/c1-22-18-9-23-17-5-3-13(10-26(17)18)14-11-25(6-7-27)24-19(14)12-2-4-16(21)15(20)8-12;1-13(2)14(3,4)20-15(19-13)10-6-7-11-17-8-12(16-5)18(11)9-10;12-8-6-16(3-4-17)15-11(8)7-1-2-10(14)9(13)5-7;10-6-4-13-14-9(6)5-1-2-8(12)7(11)3-5;1-2(3)4;3-1-2-4/h2-5,8-11,27H,6-7H2;6-9H,1-4H3;1-2,5-6,17H,3-4H2;1-4H,(H,13,14);2H,1H3;4H,1-2H2. The Hall–Kier alpha value is -6.00. The molecule has 86 heavy (non-hydrogen) atoms. The van der Waals surface area contributed by atoms with Crippen molar-refractivity contribution in [1.29, 1.82) is 0 Å². The van der Waals surface area contributed by atoms with Crippen molar-refractivity contribution in [3.8, 4) is 44.9 Å². The van der Waals surface area contributed by atoms with Crippen LogP contribution in [0.15, 0.2) is 131 Å². The fraction of sp³-hybridized carbons (Fsp3) is 0.246. The molecule has 3 aromatic carbocycles. The van der Waals surface area contributed by atoms with Gasteiger partial charge in [-0.3, -0.25) is 14.5 Å². The normalized spacial score (nSPS) is 12.8. The minimum absolute atomic E-state index is 0.00973. The molecule has 10 aromatic rings. The van der Waals surface area contributed by atoms with E-state index in [-0.39, 0.29) is 50.9 Å². The molecule has 0 atom stereocenters. The van der Waals surface area contributed by atoms with Crippen LogP contribution in [0, 0.1) is 30.6 Å². The number of rotatable bonds is 10. The largest absolute Gasteiger partial charge is 0.498 e. The van der Waals surface area contributed by atoms with E-state index in [2.05, 4.69) is 71.9 Å². The molecule has 0 bridgehead atoms. The second kappa shape index (κ2) is 31.8. The van der Waals surface area contributed by atoms with Crippen LogP contribution in [0.25, 0.3) is 65.9 Å². The summed E-state index contributed by atoms with van der Waals surface area (Å²) in [6, 6.07) is 20.9. The van der Waals surface area contributed by atoms with Crippen LogP contribution in [-0.2, 0) is 22.4 Å². The third kappa shape index (κ3) is 17.8. The number of benzene rings is 3. The maximum absolute atomic E-state index is 13.6. The minimum Gasteiger partial charge on any atom is -0.399 e. The van der Waals surface area contributed by atoms with Gasteiger partial charge in [-0.15, -0.1) is 34.8 Å². The zero-order valence-electron chi connectivity index (χ0n) is 46.2. The molecule has 1 aliphatic rings. The van der Waals surface area contributed by atoms with Gasteiger partial charge in [0.25, 0.3) is 11.6 Å². The summed E-state index contributed by atoms with van der Waals surface area (Å²) in [6.45, 7) is 25.0. The number of aliphatic hydroxyl groups excluding tert-OH is 3. The number of nitrogens with one attached hydrogen (secondary N) is 1. The molecule has 0 spiro atoms. The number of aliphatic hydroxyl groups is 3. The summed E-state index contributed by atoms with van der Waals surface area (Å²) < 4.78 is 59.8. The molecule has 0 radical (unpaired) electrons. The van der Waals surface area contributed by atoms with Crippen molar-refractivity contribution < 1.29 is 37.8 Å². The highest BCUT2D eigenvalue weighted by atomic mass is 79.9. The zero-order chi connectivity index (χ0) is 63.0. The third-order valence-electron chi connectivity index (χ3n) is 12.5. The van der Waals surface area contributed by atoms with Gasteiger partial charge >= 0.3 is 7.12 Å². The molecule has 0 unspecified atom stereocenters. The SMILES string of the molecule is CC(Cl)Cl.Fc1ccc(-c2[nH]ncc2Br)cc1Cl.OCCCl.OCCn1cc(Br)c(-c2ccc(F)c(Cl)c2)n1.[C-]#[N+]c1cnc2ccc(-c3cn(CCO)nc3-c3ccc(F)c(Cl)c3)cn12.[C-]#[N+]c1cnc2ccc(B3OC(C)(C)C(C)(C)O3)cn12. The Kier molecular flexibility index (Phi) is 25.5. The Morgan fingerprint density at radius 3 is 1.53 bits per heavy atom. The summed E-state index contributed by atoms with van der Waals surface area (Å²) in [5, 5.41) is 41.4. The Morgan fingerprint density at radius 2 is 1.07 bits per heavy atom. The number of nitrogens with zero attached hydrogens (tertiary/aromatic N) is 11. The number of fused-ring (bicyclic) bond motifs is 2. The molecule has 0 amide bonds. The van der Waals surface area contributed by atoms with Gasteiger partial charge in [-0.2, -0.15) is 15.3 Å². The van der Waals surface area contributed by atoms with Gasteiger partial charge in [-0.25, -0.2) is 31.9 Å². The molecule has 1 aliphatic heterocycles. The van der Waals surface area contributed by atoms with E-state index in [0.29, 0.717) is 53.2 Å². The maximum Gasteiger partial charge on any atom is 0.498 e. The Labute approximate surface area is 540 Å². The molecule has 0 saturated carbocycles. The number of halogens is 11. The fourth-order valence-corrected chi connectivity index (χ4v) is 9.19. The summed E-state index contributed by atoms with van der Waals surface area (Å²) in [5.41, 5.74) is 7.37. The van der Waals surface area contributed by atoms with Crippen LogP contribution in [0.3, 0.4) is 0 Å². The third-order valence-corrected chi connectivity index (χ3v) is 14.7. The van der Waals surface area contributed by atoms with Gasteiger partial charge in [0.15, 0.2) is 0 Å². The Bertz CT molecular complexity index is 3980. The number of pyridine rings is 2. The summed E-state index contributed by atoms with van der Waals surface area (Å²) >= 11 is 39.0. The van der Waals surface area contributed by atoms with Crippen LogP contribution < -0.4 is 5.46 Å². The first-order valence-electron chi connectivity index (χ1n) is 25.5. The number of imidazole rings is 2. The van der Waals surface area contributed by atoms with Gasteiger partial charge in [-0.05, 0) is 127 Å². The molecule has 1 saturated heterocycles. The molecular weight excluding hydrogens is 1370 g/mol. The van der Waals surface area contributed by atoms with Crippen molar-refractivity contribution >= 4 is 137 Å². The molecule has 450 valence electrons. The summed E-state index contributed by atoms with van der Waals surface area (Å²) in [5.74, 6) is -0.148. The van der Waals surface area contributed by atoms with E-state index in [1.165, 1.54) is 36.5 Å². The fourth-order valence-electron chi connectivity index (χ4n) is 7.68. The van der Waals surface area contributed by atoms with Crippen LogP contribution in [-0.4, -0.2) is 113 Å². The molecule has 7 aromatic heterocycles. The highest BCUT2D eigenvalue weighted by Crippen LogP contribution is 2.38. The van der Waals surface area contributed by atoms with Crippen LogP contribution in [0.4, 0.5) is 24.8 Å². The first kappa shape index (κ1) is 69.1. The lowest BCUT2D eigenvalue weighted by Gasteiger charge is -2.32. The molecule has 17 nitrogen and oxygen atoms in total. The van der Waals surface area contributed by atoms with E-state index in [1.807, 2.05) is 64.4 Å². The second-order valence-electron chi connectivity index (χ2n) is 19.0. The summed E-state index contributed by atoms with van der Waals surface area (Å²) in [4.78, 5) is 15.1. The zero-order valence-corrected chi connectivity index (χ0v) is 53.9. The van der Waals surface area contributed by atoms with Gasteiger partial charge in [0, 0.05) is 63.7 Å². The van der Waals surface area contributed by atoms with E-state index in [0.717, 1.165) is 48.0 Å². The molecular formula is C57H52BBr2Cl6F3N12O5. The minimum atomic E-state index is -0.502. The van der Waals surface area contributed by atoms with Gasteiger partial charge in [0.05, 0.1) is 105 Å². The van der Waals surface area contributed by atoms with E-state index in [4.69, 9.17) is 102 Å². The summed E-state index contributed by atoms with van der Waals surface area (Å²) in [7, 11) is -0.426. The quantitative estimate of drug-likeness (QED) is 0.0583. The molecule has 11 rings (SSSR count). The molecule has 1 fully saturated rings. The van der Waals surface area contributed by atoms with Gasteiger partial charge in [0.1, 0.15) is 33.7 Å². The maximum atomic E-state index is 13.6. The first-order chi connectivity index (χ1) is 40.9.